The van der Waals surface area contributed by atoms with E-state index in [1.807, 2.05) is 78.9 Å². The summed E-state index contributed by atoms with van der Waals surface area (Å²) in [5.41, 5.74) is 1.83. The monoisotopic (exact) mass is 409 g/mol. The molecule has 1 amide bonds. The zero-order valence-electron chi connectivity index (χ0n) is 17.0. The zero-order valence-corrected chi connectivity index (χ0v) is 17.9. The molecule has 0 fully saturated rings. The first kappa shape index (κ1) is 20.1. The molecule has 0 N–H and O–H groups in total. The Morgan fingerprint density at radius 1 is 0.633 bits per heavy atom. The molecule has 4 aromatic rings. The van der Waals surface area contributed by atoms with Gasteiger partial charge in [0.25, 0.3) is 5.91 Å². The van der Waals surface area contributed by atoms with Crippen LogP contribution in [0, 0.1) is 0 Å². The first-order chi connectivity index (χ1) is 14.7. The second-order valence-corrected chi connectivity index (χ2v) is 10.1. The van der Waals surface area contributed by atoms with Crippen LogP contribution in [-0.4, -0.2) is 5.91 Å². The van der Waals surface area contributed by atoms with Crippen LogP contribution in [0.5, 0.6) is 0 Å². The summed E-state index contributed by atoms with van der Waals surface area (Å²) in [6, 6.07) is 38.4. The number of nitrogens with zero attached hydrogens (tertiary/aromatic N) is 1. The summed E-state index contributed by atoms with van der Waals surface area (Å²) in [6.45, 7) is 2.11. The maximum Gasteiger partial charge on any atom is 0.276 e. The smallest absolute Gasteiger partial charge is 0.267 e. The van der Waals surface area contributed by atoms with Crippen molar-refractivity contribution in [2.75, 3.05) is 0 Å². The van der Waals surface area contributed by atoms with Gasteiger partial charge in [-0.15, -0.1) is 0 Å². The second kappa shape index (κ2) is 9.07. The summed E-state index contributed by atoms with van der Waals surface area (Å²) in [6.07, 6.45) is 0.945. The van der Waals surface area contributed by atoms with E-state index < -0.39 is 7.05 Å². The number of carbonyl (C=O) groups excluding carboxylic acids is 1. The average Bonchev–Trinajstić information content (AvgIpc) is 2.84. The average molecular weight is 409 g/mol. The van der Waals surface area contributed by atoms with Crippen molar-refractivity contribution in [3.05, 3.63) is 126 Å². The Bertz CT molecular complexity index is 1060. The Morgan fingerprint density at radius 2 is 1.03 bits per heavy atom. The number of benzene rings is 4. The second-order valence-electron chi connectivity index (χ2n) is 7.10. The first-order valence-electron chi connectivity index (χ1n) is 10.2. The molecular weight excluding hydrogens is 385 g/mol. The molecule has 30 heavy (non-hydrogen) atoms. The van der Waals surface area contributed by atoms with E-state index >= 15 is 0 Å². The third kappa shape index (κ3) is 3.92. The lowest BCUT2D eigenvalue weighted by atomic mass is 10.1. The van der Waals surface area contributed by atoms with Gasteiger partial charge in [0, 0.05) is 21.5 Å². The van der Waals surface area contributed by atoms with Crippen LogP contribution >= 0.6 is 7.05 Å². The van der Waals surface area contributed by atoms with Gasteiger partial charge in [-0.2, -0.15) is 0 Å². The van der Waals surface area contributed by atoms with E-state index in [4.69, 9.17) is 4.74 Å². The van der Waals surface area contributed by atoms with Gasteiger partial charge < -0.3 is 0 Å². The topological polar surface area (TPSA) is 29.4 Å². The van der Waals surface area contributed by atoms with Crippen molar-refractivity contribution in [1.29, 1.82) is 0 Å². The molecule has 0 saturated heterocycles. The number of aryl methyl sites for hydroxylation is 1. The van der Waals surface area contributed by atoms with E-state index in [0.717, 1.165) is 22.3 Å². The Balaban J connectivity index is 2.01. The van der Waals surface area contributed by atoms with E-state index in [2.05, 4.69) is 43.3 Å². The van der Waals surface area contributed by atoms with Crippen molar-refractivity contribution >= 4 is 28.9 Å². The van der Waals surface area contributed by atoms with Crippen molar-refractivity contribution in [1.82, 2.24) is 0 Å². The van der Waals surface area contributed by atoms with Crippen molar-refractivity contribution in [2.45, 2.75) is 13.3 Å². The maximum absolute atomic E-state index is 13.4. The molecule has 3 heteroatoms. The summed E-state index contributed by atoms with van der Waals surface area (Å²) in [5, 5.41) is 3.21. The fraction of sp³-hybridized carbons (Fsp3) is 0.0741. The SMILES string of the molecule is CCc1ccc(C(=O)N=P(c2ccccc2)(c2ccccc2)c2ccccc2)cc1. The lowest BCUT2D eigenvalue weighted by molar-refractivity contribution is 0.100. The van der Waals surface area contributed by atoms with Crippen LogP contribution in [0.2, 0.25) is 0 Å². The molecule has 0 bridgehead atoms. The highest BCUT2D eigenvalue weighted by Gasteiger charge is 2.28. The van der Waals surface area contributed by atoms with E-state index in [0.29, 0.717) is 5.56 Å². The van der Waals surface area contributed by atoms with Crippen LogP contribution in [0.15, 0.2) is 120 Å². The van der Waals surface area contributed by atoms with Crippen molar-refractivity contribution in [3.8, 4) is 0 Å². The quantitative estimate of drug-likeness (QED) is 0.397. The van der Waals surface area contributed by atoms with E-state index in [1.165, 1.54) is 5.56 Å². The molecule has 0 aromatic heterocycles. The van der Waals surface area contributed by atoms with Gasteiger partial charge >= 0.3 is 0 Å². The van der Waals surface area contributed by atoms with Crippen LogP contribution in [0.25, 0.3) is 0 Å². The lowest BCUT2D eigenvalue weighted by Crippen LogP contribution is -2.26. The van der Waals surface area contributed by atoms with Crippen molar-refractivity contribution < 1.29 is 4.79 Å². The van der Waals surface area contributed by atoms with Gasteiger partial charge in [0.15, 0.2) is 0 Å². The molecule has 4 rings (SSSR count). The van der Waals surface area contributed by atoms with Crippen molar-refractivity contribution in [2.24, 2.45) is 4.74 Å². The van der Waals surface area contributed by atoms with Crippen molar-refractivity contribution in [3.63, 3.8) is 0 Å². The molecular formula is C27H24NOP. The Hall–Kier alpha value is -3.22. The molecule has 0 aliphatic heterocycles. The summed E-state index contributed by atoms with van der Waals surface area (Å²) in [4.78, 5) is 13.4. The molecule has 0 unspecified atom stereocenters. The lowest BCUT2D eigenvalue weighted by Gasteiger charge is -2.26. The first-order valence-corrected chi connectivity index (χ1v) is 11.9. The highest BCUT2D eigenvalue weighted by atomic mass is 31.2. The number of rotatable bonds is 5. The van der Waals surface area contributed by atoms with Crippen LogP contribution in [0.3, 0.4) is 0 Å². The fourth-order valence-corrected chi connectivity index (χ4v) is 7.07. The molecule has 148 valence electrons. The van der Waals surface area contributed by atoms with Gasteiger partial charge in [0.1, 0.15) is 0 Å². The van der Waals surface area contributed by atoms with Gasteiger partial charge in [-0.05, 0) is 24.1 Å². The van der Waals surface area contributed by atoms with E-state index in [-0.39, 0.29) is 5.91 Å². The number of amides is 1. The largest absolute Gasteiger partial charge is 0.276 e. The minimum atomic E-state index is -2.52. The molecule has 0 atom stereocenters. The molecule has 2 nitrogen and oxygen atoms in total. The van der Waals surface area contributed by atoms with E-state index in [9.17, 15) is 4.79 Å². The summed E-state index contributed by atoms with van der Waals surface area (Å²) in [7, 11) is -2.52. The Labute approximate surface area is 178 Å². The molecule has 0 spiro atoms. The van der Waals surface area contributed by atoms with Crippen LogP contribution < -0.4 is 15.9 Å². The maximum atomic E-state index is 13.4. The summed E-state index contributed by atoms with van der Waals surface area (Å²) in [5.74, 6) is -0.178. The van der Waals surface area contributed by atoms with Crippen LogP contribution in [0.4, 0.5) is 0 Å². The molecule has 0 radical (unpaired) electrons. The molecule has 0 saturated carbocycles. The third-order valence-corrected chi connectivity index (χ3v) is 8.86. The Kier molecular flexibility index (Phi) is 6.07. The van der Waals surface area contributed by atoms with Gasteiger partial charge in [-0.25, -0.2) is 4.74 Å². The molecule has 0 aliphatic carbocycles. The van der Waals surface area contributed by atoms with Gasteiger partial charge in [0.2, 0.25) is 0 Å². The number of hydrogen-bond acceptors (Lipinski definition) is 1. The Morgan fingerprint density at radius 3 is 1.40 bits per heavy atom. The highest BCUT2D eigenvalue weighted by molar-refractivity contribution is 7.87. The minimum absolute atomic E-state index is 0.178. The fourth-order valence-electron chi connectivity index (χ4n) is 3.63. The van der Waals surface area contributed by atoms with E-state index in [1.54, 1.807) is 0 Å². The predicted molar refractivity (Wildman–Crippen MR) is 128 cm³/mol. The van der Waals surface area contributed by atoms with Gasteiger partial charge in [-0.1, -0.05) is 110 Å². The normalized spacial score (nSPS) is 11.1. The minimum Gasteiger partial charge on any atom is -0.267 e. The number of carbonyl (C=O) groups is 1. The third-order valence-electron chi connectivity index (χ3n) is 5.24. The predicted octanol–water partition coefficient (Wildman–Crippen LogP) is 5.57. The number of hydrogen-bond donors (Lipinski definition) is 0. The molecule has 0 heterocycles. The molecule has 4 aromatic carbocycles. The van der Waals surface area contributed by atoms with Crippen LogP contribution in [0.1, 0.15) is 22.8 Å². The summed E-state index contributed by atoms with van der Waals surface area (Å²) >= 11 is 0. The highest BCUT2D eigenvalue weighted by Crippen LogP contribution is 2.46. The summed E-state index contributed by atoms with van der Waals surface area (Å²) < 4.78 is 5.02. The molecule has 0 aliphatic rings. The van der Waals surface area contributed by atoms with Crippen LogP contribution in [-0.2, 0) is 6.42 Å². The zero-order chi connectivity index (χ0) is 20.8. The van der Waals surface area contributed by atoms with Gasteiger partial charge in [0.05, 0.1) is 7.05 Å². The van der Waals surface area contributed by atoms with Gasteiger partial charge in [-0.3, -0.25) is 4.79 Å². The standard InChI is InChI=1S/C27H24NOP/c1-2-22-18-20-23(21-19-22)27(29)28-30(24-12-6-3-7-13-24,25-14-8-4-9-15-25)26-16-10-5-11-17-26/h3-21H,2H2,1H3.